The molecule has 0 aromatic carbocycles. The zero-order valence-corrected chi connectivity index (χ0v) is 32.1. The highest BCUT2D eigenvalue weighted by atomic mass is 35.5. The summed E-state index contributed by atoms with van der Waals surface area (Å²) in [6.07, 6.45) is 11.5. The molecule has 54 heavy (non-hydrogen) atoms. The molecule has 0 spiro atoms. The maximum Gasteiger partial charge on any atom is 0.289 e. The first kappa shape index (κ1) is 40.5. The Morgan fingerprint density at radius 1 is 0.944 bits per heavy atom. The number of carbonyl (C=O) groups is 6. The Kier molecular flexibility index (Phi) is 13.6. The summed E-state index contributed by atoms with van der Waals surface area (Å²) in [5.41, 5.74) is -0.787. The van der Waals surface area contributed by atoms with E-state index in [1.807, 2.05) is 6.92 Å². The third kappa shape index (κ3) is 10.7. The van der Waals surface area contributed by atoms with Gasteiger partial charge in [-0.3, -0.25) is 33.8 Å². The van der Waals surface area contributed by atoms with Crippen LogP contribution in [0.15, 0.2) is 36.9 Å². The van der Waals surface area contributed by atoms with Gasteiger partial charge in [-0.1, -0.05) is 65.0 Å². The summed E-state index contributed by atoms with van der Waals surface area (Å²) in [4.78, 5) is 95.8. The number of aromatic nitrogens is 3. The molecule has 2 saturated carbocycles. The molecule has 2 aromatic heterocycles. The molecule has 1 saturated heterocycles. The smallest absolute Gasteiger partial charge is 0.289 e. The number of hydrogen-bond acceptors (Lipinski definition) is 10. The molecule has 3 aliphatic rings. The summed E-state index contributed by atoms with van der Waals surface area (Å²) in [5.74, 6) is -3.68. The van der Waals surface area contributed by atoms with Crippen LogP contribution in [0.1, 0.15) is 102 Å². The van der Waals surface area contributed by atoms with E-state index in [-0.39, 0.29) is 42.9 Å². The van der Waals surface area contributed by atoms with Gasteiger partial charge in [0.2, 0.25) is 29.4 Å². The number of ether oxygens (including phenoxy) is 1. The van der Waals surface area contributed by atoms with Crippen molar-refractivity contribution in [1.29, 1.82) is 0 Å². The van der Waals surface area contributed by atoms with Crippen LogP contribution >= 0.6 is 11.6 Å². The molecule has 1 aliphatic heterocycles. The number of Topliss-reactive ketones (excluding diaryl/α,β-unsaturated/α-hetero) is 1. The third-order valence-corrected chi connectivity index (χ3v) is 10.3. The molecule has 0 radical (unpaired) electrons. The minimum Gasteiger partial charge on any atom is -0.472 e. The molecule has 3 heterocycles. The lowest BCUT2D eigenvalue weighted by Crippen LogP contribution is -2.62. The third-order valence-electron chi connectivity index (χ3n) is 10.1. The zero-order chi connectivity index (χ0) is 39.0. The van der Waals surface area contributed by atoms with Gasteiger partial charge in [0.1, 0.15) is 29.9 Å². The van der Waals surface area contributed by atoms with E-state index < -0.39 is 71.0 Å². The first-order valence-electron chi connectivity index (χ1n) is 18.9. The van der Waals surface area contributed by atoms with Crippen LogP contribution in [0.3, 0.4) is 0 Å². The number of halogens is 1. The maximum absolute atomic E-state index is 14.7. The molecule has 15 nitrogen and oxygen atoms in total. The van der Waals surface area contributed by atoms with Crippen LogP contribution in [0.2, 0.25) is 5.02 Å². The van der Waals surface area contributed by atoms with E-state index >= 15 is 0 Å². The van der Waals surface area contributed by atoms with Gasteiger partial charge in [0.15, 0.2) is 0 Å². The van der Waals surface area contributed by atoms with Crippen LogP contribution in [0.4, 0.5) is 0 Å². The molecule has 0 unspecified atom stereocenters. The number of hydrogen-bond donors (Lipinski definition) is 4. The SMILES string of the molecule is CCC[C@@H](NC(=O)[C@@H]1C[C@@H](Oc2ccc(Cl)cn2)CN1C(=O)[C@@H](NC(=O)[C@@H](NC(=O)c1cnccn1)C1CCCCC1)C(C)(C)C)C(=O)C(=O)NC1CC1. The van der Waals surface area contributed by atoms with Crippen LogP contribution in [0.25, 0.3) is 0 Å². The van der Waals surface area contributed by atoms with Gasteiger partial charge in [-0.05, 0) is 49.5 Å². The number of likely N-dealkylation sites (tertiary alicyclic amines) is 1. The van der Waals surface area contributed by atoms with Crippen LogP contribution < -0.4 is 26.0 Å². The number of amides is 5. The van der Waals surface area contributed by atoms with Crippen molar-refractivity contribution in [3.63, 3.8) is 0 Å². The summed E-state index contributed by atoms with van der Waals surface area (Å²) in [5, 5.41) is 11.7. The minimum absolute atomic E-state index is 0.0340. The van der Waals surface area contributed by atoms with E-state index in [1.54, 1.807) is 32.9 Å². The van der Waals surface area contributed by atoms with E-state index in [4.69, 9.17) is 16.3 Å². The summed E-state index contributed by atoms with van der Waals surface area (Å²) >= 11 is 6.02. The molecule has 2 aromatic rings. The average molecular weight is 767 g/mol. The highest BCUT2D eigenvalue weighted by Crippen LogP contribution is 2.30. The highest BCUT2D eigenvalue weighted by Gasteiger charge is 2.47. The summed E-state index contributed by atoms with van der Waals surface area (Å²) in [6, 6.07) is -1.14. The van der Waals surface area contributed by atoms with Crippen molar-refractivity contribution in [1.82, 2.24) is 41.1 Å². The molecule has 3 fully saturated rings. The molecule has 5 rings (SSSR count). The number of rotatable bonds is 15. The number of nitrogens with zero attached hydrogens (tertiary/aromatic N) is 4. The number of ketones is 1. The zero-order valence-electron chi connectivity index (χ0n) is 31.3. The predicted octanol–water partition coefficient (Wildman–Crippen LogP) is 2.92. The molecule has 5 amide bonds. The van der Waals surface area contributed by atoms with Crippen LogP contribution in [0.5, 0.6) is 5.88 Å². The van der Waals surface area contributed by atoms with Crippen LogP contribution in [-0.2, 0) is 24.0 Å². The van der Waals surface area contributed by atoms with Gasteiger partial charge >= 0.3 is 0 Å². The van der Waals surface area contributed by atoms with Crippen molar-refractivity contribution in [2.75, 3.05) is 6.54 Å². The molecule has 292 valence electrons. The van der Waals surface area contributed by atoms with Crippen molar-refractivity contribution in [3.05, 3.63) is 47.6 Å². The monoisotopic (exact) mass is 766 g/mol. The van der Waals surface area contributed by atoms with E-state index in [0.29, 0.717) is 11.4 Å². The molecule has 5 atom stereocenters. The second kappa shape index (κ2) is 18.1. The second-order valence-electron chi connectivity index (χ2n) is 15.5. The van der Waals surface area contributed by atoms with Crippen LogP contribution in [-0.4, -0.2) is 98.0 Å². The molecular formula is C38H51ClN8O7. The fraction of sp³-hybridized carbons (Fsp3) is 0.605. The topological polar surface area (TPSA) is 202 Å². The number of nitrogens with one attached hydrogen (secondary N) is 4. The van der Waals surface area contributed by atoms with Crippen molar-refractivity contribution < 1.29 is 33.5 Å². The van der Waals surface area contributed by atoms with E-state index in [1.165, 1.54) is 29.7 Å². The number of carbonyl (C=O) groups excluding carboxylic acids is 6. The molecule has 16 heteroatoms. The number of pyridine rings is 1. The van der Waals surface area contributed by atoms with Gasteiger partial charge in [0.25, 0.3) is 11.8 Å². The van der Waals surface area contributed by atoms with E-state index in [9.17, 15) is 28.8 Å². The van der Waals surface area contributed by atoms with Gasteiger partial charge in [-0.25, -0.2) is 9.97 Å². The fourth-order valence-electron chi connectivity index (χ4n) is 6.99. The van der Waals surface area contributed by atoms with Crippen molar-refractivity contribution >= 4 is 46.9 Å². The van der Waals surface area contributed by atoms with Crippen molar-refractivity contribution in [2.45, 2.75) is 128 Å². The Morgan fingerprint density at radius 3 is 2.30 bits per heavy atom. The standard InChI is InChI=1S/C38H51ClN8O7/c1-5-9-26(31(48)36(52)43-24-13-14-24)44-34(50)28-18-25(54-29-15-12-23(39)19-42-29)21-47(28)37(53)32(38(2,3)4)46-35(51)30(22-10-7-6-8-11-22)45-33(49)27-20-40-16-17-41-27/h12,15-17,19-20,22,24-26,28,30,32H,5-11,13-14,18,21H2,1-4H3,(H,43,52)(H,44,50)(H,45,49)(H,46,51)/t25-,26-,28+,30+,32-/m1/s1. The van der Waals surface area contributed by atoms with Gasteiger partial charge in [0.05, 0.1) is 23.8 Å². The Hall–Kier alpha value is -4.66. The largest absolute Gasteiger partial charge is 0.472 e. The van der Waals surface area contributed by atoms with E-state index in [0.717, 1.165) is 44.9 Å². The Balaban J connectivity index is 1.39. The average Bonchev–Trinajstić information content (AvgIpc) is 3.88. The lowest BCUT2D eigenvalue weighted by atomic mass is 9.82. The fourth-order valence-corrected chi connectivity index (χ4v) is 7.10. The normalized spacial score (nSPS) is 20.6. The first-order valence-corrected chi connectivity index (χ1v) is 19.2. The van der Waals surface area contributed by atoms with Gasteiger partial charge < -0.3 is 30.9 Å². The Morgan fingerprint density at radius 2 is 1.69 bits per heavy atom. The van der Waals surface area contributed by atoms with Crippen molar-refractivity contribution in [2.24, 2.45) is 11.3 Å². The lowest BCUT2D eigenvalue weighted by molar-refractivity contribution is -0.145. The first-order chi connectivity index (χ1) is 25.7. The van der Waals surface area contributed by atoms with Crippen molar-refractivity contribution in [3.8, 4) is 5.88 Å². The van der Waals surface area contributed by atoms with Gasteiger partial charge in [0, 0.05) is 37.1 Å². The lowest BCUT2D eigenvalue weighted by Gasteiger charge is -2.37. The quantitative estimate of drug-likeness (QED) is 0.195. The second-order valence-corrected chi connectivity index (χ2v) is 15.9. The predicted molar refractivity (Wildman–Crippen MR) is 198 cm³/mol. The molecule has 4 N–H and O–H groups in total. The maximum atomic E-state index is 14.7. The molecular weight excluding hydrogens is 716 g/mol. The highest BCUT2D eigenvalue weighted by molar-refractivity contribution is 6.38. The summed E-state index contributed by atoms with van der Waals surface area (Å²) < 4.78 is 6.11. The summed E-state index contributed by atoms with van der Waals surface area (Å²) in [6.45, 7) is 7.21. The molecule has 0 bridgehead atoms. The Bertz CT molecular complexity index is 1660. The molecule has 2 aliphatic carbocycles. The van der Waals surface area contributed by atoms with Gasteiger partial charge in [-0.15, -0.1) is 0 Å². The van der Waals surface area contributed by atoms with Gasteiger partial charge in [-0.2, -0.15) is 0 Å². The Labute approximate surface area is 320 Å². The summed E-state index contributed by atoms with van der Waals surface area (Å²) in [7, 11) is 0. The van der Waals surface area contributed by atoms with Crippen LogP contribution in [0, 0.1) is 11.3 Å². The van der Waals surface area contributed by atoms with E-state index in [2.05, 4.69) is 36.2 Å². The minimum atomic E-state index is -1.13.